The Bertz CT molecular complexity index is 1230. The summed E-state index contributed by atoms with van der Waals surface area (Å²) in [5, 5.41) is 0.407. The molecule has 2 aliphatic rings. The van der Waals surface area contributed by atoms with Gasteiger partial charge in [0, 0.05) is 38.7 Å². The number of morpholine rings is 1. The van der Waals surface area contributed by atoms with Crippen molar-refractivity contribution >= 4 is 16.9 Å². The van der Waals surface area contributed by atoms with Crippen molar-refractivity contribution in [3.63, 3.8) is 0 Å². The van der Waals surface area contributed by atoms with E-state index in [1.54, 1.807) is 23.4 Å². The van der Waals surface area contributed by atoms with Crippen LogP contribution in [0, 0.1) is 0 Å². The largest absolute Gasteiger partial charge is 0.488 e. The Morgan fingerprint density at radius 3 is 2.45 bits per heavy atom. The van der Waals surface area contributed by atoms with Crippen molar-refractivity contribution in [2.24, 2.45) is 0 Å². The Hall–Kier alpha value is -3.19. The minimum absolute atomic E-state index is 0.0104. The van der Waals surface area contributed by atoms with Gasteiger partial charge in [-0.1, -0.05) is 24.3 Å². The second-order valence-corrected chi connectivity index (χ2v) is 9.08. The molecule has 1 aromatic carbocycles. The molecule has 0 bridgehead atoms. The quantitative estimate of drug-likeness (QED) is 0.614. The van der Waals surface area contributed by atoms with Gasteiger partial charge in [-0.25, -0.2) is 4.98 Å². The first-order valence-electron chi connectivity index (χ1n) is 11.6. The number of ether oxygens (including phenoxy) is 2. The zero-order valence-electron chi connectivity index (χ0n) is 19.3. The normalized spacial score (nSPS) is 20.8. The molecule has 172 valence electrons. The molecular formula is C26H29N3O4. The molecule has 1 fully saturated rings. The van der Waals surface area contributed by atoms with E-state index >= 15 is 0 Å². The number of benzene rings is 1. The number of fused-ring (bicyclic) bond motifs is 2. The topological polar surface area (TPSA) is 73.7 Å². The van der Waals surface area contributed by atoms with Crippen LogP contribution in [-0.4, -0.2) is 51.8 Å². The predicted octanol–water partition coefficient (Wildman–Crippen LogP) is 3.21. The van der Waals surface area contributed by atoms with Crippen molar-refractivity contribution in [2.75, 3.05) is 13.1 Å². The molecule has 2 aromatic heterocycles. The van der Waals surface area contributed by atoms with E-state index in [0.717, 1.165) is 12.8 Å². The summed E-state index contributed by atoms with van der Waals surface area (Å²) in [5.41, 5.74) is 3.01. The molecule has 7 heteroatoms. The van der Waals surface area contributed by atoms with Gasteiger partial charge in [0.15, 0.2) is 0 Å². The van der Waals surface area contributed by atoms with E-state index < -0.39 is 0 Å². The monoisotopic (exact) mass is 447 g/mol. The van der Waals surface area contributed by atoms with Gasteiger partial charge < -0.3 is 18.9 Å². The zero-order valence-corrected chi connectivity index (χ0v) is 19.3. The van der Waals surface area contributed by atoms with Crippen LogP contribution in [0.3, 0.4) is 0 Å². The molecule has 3 heterocycles. The summed E-state index contributed by atoms with van der Waals surface area (Å²) in [6.45, 7) is 7.38. The minimum atomic E-state index is -0.306. The SMILES string of the molecule is CCn1cc(C(=O)N2C[C@@H](C)O[C@H](C)C2)c(=O)c2cc(OC3Cc4ccccc4C3)cnc21. The molecule has 33 heavy (non-hydrogen) atoms. The third-order valence-electron chi connectivity index (χ3n) is 6.48. The molecule has 2 atom stereocenters. The van der Waals surface area contributed by atoms with E-state index in [1.807, 2.05) is 37.5 Å². The average Bonchev–Trinajstić information content (AvgIpc) is 3.21. The van der Waals surface area contributed by atoms with Crippen LogP contribution in [0.25, 0.3) is 11.0 Å². The van der Waals surface area contributed by atoms with E-state index in [-0.39, 0.29) is 35.2 Å². The Kier molecular flexibility index (Phi) is 5.66. The zero-order chi connectivity index (χ0) is 23.1. The first-order chi connectivity index (χ1) is 15.9. The summed E-state index contributed by atoms with van der Waals surface area (Å²) in [6.07, 6.45) is 4.85. The van der Waals surface area contributed by atoms with E-state index in [0.29, 0.717) is 36.4 Å². The minimum Gasteiger partial charge on any atom is -0.488 e. The Balaban J connectivity index is 1.47. The van der Waals surface area contributed by atoms with Crippen molar-refractivity contribution in [2.45, 2.75) is 58.5 Å². The first kappa shape index (κ1) is 21.6. The number of nitrogens with zero attached hydrogens (tertiary/aromatic N) is 3. The number of aryl methyl sites for hydroxylation is 1. The van der Waals surface area contributed by atoms with Gasteiger partial charge in [-0.2, -0.15) is 0 Å². The Morgan fingerprint density at radius 2 is 1.82 bits per heavy atom. The number of rotatable bonds is 4. The average molecular weight is 448 g/mol. The highest BCUT2D eigenvalue weighted by atomic mass is 16.5. The summed E-state index contributed by atoms with van der Waals surface area (Å²) in [6, 6.07) is 10.1. The number of pyridine rings is 2. The van der Waals surface area contributed by atoms with Gasteiger partial charge in [-0.05, 0) is 38.0 Å². The van der Waals surface area contributed by atoms with Crippen molar-refractivity contribution in [3.8, 4) is 5.75 Å². The number of carbonyl (C=O) groups excluding carboxylic acids is 1. The van der Waals surface area contributed by atoms with Crippen molar-refractivity contribution in [1.82, 2.24) is 14.5 Å². The van der Waals surface area contributed by atoms with Crippen LogP contribution in [0.1, 0.15) is 42.3 Å². The number of aromatic nitrogens is 2. The van der Waals surface area contributed by atoms with Crippen LogP contribution in [0.4, 0.5) is 0 Å². The molecule has 5 rings (SSSR count). The van der Waals surface area contributed by atoms with Gasteiger partial charge in [0.1, 0.15) is 23.1 Å². The second-order valence-electron chi connectivity index (χ2n) is 9.08. The number of hydrogen-bond acceptors (Lipinski definition) is 5. The molecule has 3 aromatic rings. The summed E-state index contributed by atoms with van der Waals surface area (Å²) in [7, 11) is 0. The summed E-state index contributed by atoms with van der Waals surface area (Å²) in [4.78, 5) is 33.0. The lowest BCUT2D eigenvalue weighted by Gasteiger charge is -2.35. The smallest absolute Gasteiger partial charge is 0.259 e. The molecule has 0 N–H and O–H groups in total. The van der Waals surface area contributed by atoms with E-state index in [2.05, 4.69) is 17.1 Å². The maximum absolute atomic E-state index is 13.4. The van der Waals surface area contributed by atoms with Crippen molar-refractivity contribution in [1.29, 1.82) is 0 Å². The van der Waals surface area contributed by atoms with Crippen LogP contribution in [0.5, 0.6) is 5.75 Å². The molecule has 0 radical (unpaired) electrons. The highest BCUT2D eigenvalue weighted by Gasteiger charge is 2.29. The molecule has 0 spiro atoms. The van der Waals surface area contributed by atoms with Crippen LogP contribution in [0.2, 0.25) is 0 Å². The number of hydrogen-bond donors (Lipinski definition) is 0. The molecular weight excluding hydrogens is 418 g/mol. The highest BCUT2D eigenvalue weighted by Crippen LogP contribution is 2.26. The lowest BCUT2D eigenvalue weighted by atomic mass is 10.1. The molecule has 1 saturated heterocycles. The van der Waals surface area contributed by atoms with Crippen LogP contribution < -0.4 is 10.2 Å². The summed E-state index contributed by atoms with van der Waals surface area (Å²) < 4.78 is 13.8. The van der Waals surface area contributed by atoms with Gasteiger partial charge in [-0.3, -0.25) is 9.59 Å². The molecule has 1 amide bonds. The number of amides is 1. The Morgan fingerprint density at radius 1 is 1.15 bits per heavy atom. The standard InChI is InChI=1S/C26H29N3O4/c1-4-28-15-23(26(31)29-13-16(2)32-17(3)14-29)24(30)22-11-21(12-27-25(22)28)33-20-9-18-7-5-6-8-19(18)10-20/h5-8,11-12,15-17,20H,4,9-10,13-14H2,1-3H3/t16-,17-/m1/s1. The second kappa shape index (κ2) is 8.63. The number of carbonyl (C=O) groups is 1. The lowest BCUT2D eigenvalue weighted by Crippen LogP contribution is -2.49. The predicted molar refractivity (Wildman–Crippen MR) is 126 cm³/mol. The fourth-order valence-electron chi connectivity index (χ4n) is 5.02. The lowest BCUT2D eigenvalue weighted by molar-refractivity contribution is -0.0586. The molecule has 1 aliphatic heterocycles. The van der Waals surface area contributed by atoms with Crippen LogP contribution in [-0.2, 0) is 24.1 Å². The van der Waals surface area contributed by atoms with Crippen LogP contribution >= 0.6 is 0 Å². The van der Waals surface area contributed by atoms with Crippen LogP contribution in [0.15, 0.2) is 47.5 Å². The third kappa shape index (κ3) is 4.13. The van der Waals surface area contributed by atoms with Gasteiger partial charge in [0.2, 0.25) is 5.43 Å². The van der Waals surface area contributed by atoms with Crippen molar-refractivity contribution < 1.29 is 14.3 Å². The Labute approximate surface area is 192 Å². The first-order valence-corrected chi connectivity index (χ1v) is 11.6. The van der Waals surface area contributed by atoms with E-state index in [1.165, 1.54) is 11.1 Å². The van der Waals surface area contributed by atoms with Gasteiger partial charge in [-0.15, -0.1) is 0 Å². The molecule has 1 aliphatic carbocycles. The fraction of sp³-hybridized carbons (Fsp3) is 0.423. The van der Waals surface area contributed by atoms with Gasteiger partial charge in [0.05, 0.1) is 23.8 Å². The molecule has 0 unspecified atom stereocenters. The molecule has 7 nitrogen and oxygen atoms in total. The summed E-state index contributed by atoms with van der Waals surface area (Å²) in [5.74, 6) is 0.293. The fourth-order valence-corrected chi connectivity index (χ4v) is 5.02. The maximum atomic E-state index is 13.4. The van der Waals surface area contributed by atoms with E-state index in [9.17, 15) is 9.59 Å². The van der Waals surface area contributed by atoms with Crippen molar-refractivity contribution in [3.05, 3.63) is 69.6 Å². The molecule has 0 saturated carbocycles. The van der Waals surface area contributed by atoms with E-state index in [4.69, 9.17) is 9.47 Å². The van der Waals surface area contributed by atoms with Gasteiger partial charge >= 0.3 is 0 Å². The summed E-state index contributed by atoms with van der Waals surface area (Å²) >= 11 is 0. The third-order valence-corrected chi connectivity index (χ3v) is 6.48. The highest BCUT2D eigenvalue weighted by molar-refractivity contribution is 5.97. The maximum Gasteiger partial charge on any atom is 0.259 e. The van der Waals surface area contributed by atoms with Gasteiger partial charge in [0.25, 0.3) is 5.91 Å².